The van der Waals surface area contributed by atoms with E-state index in [2.05, 4.69) is 10.6 Å². The molecule has 2 amide bonds. The van der Waals surface area contributed by atoms with Crippen LogP contribution < -0.4 is 10.6 Å². The first-order valence-electron chi connectivity index (χ1n) is 4.17. The SMILES string of the molecule is CCC=C(CNC(=O)O)CNC(=O)O. The largest absolute Gasteiger partial charge is 0.465 e. The van der Waals surface area contributed by atoms with Crippen molar-refractivity contribution < 1.29 is 19.8 Å². The molecule has 0 radical (unpaired) electrons. The minimum Gasteiger partial charge on any atom is -0.465 e. The summed E-state index contributed by atoms with van der Waals surface area (Å²) in [5, 5.41) is 21.0. The Morgan fingerprint density at radius 1 is 1.14 bits per heavy atom. The van der Waals surface area contributed by atoms with E-state index in [1.54, 1.807) is 6.08 Å². The minimum absolute atomic E-state index is 0.142. The van der Waals surface area contributed by atoms with Crippen molar-refractivity contribution in [1.29, 1.82) is 0 Å². The lowest BCUT2D eigenvalue weighted by Crippen LogP contribution is -2.30. The van der Waals surface area contributed by atoms with Crippen molar-refractivity contribution in [2.75, 3.05) is 13.1 Å². The van der Waals surface area contributed by atoms with E-state index in [9.17, 15) is 9.59 Å². The van der Waals surface area contributed by atoms with E-state index >= 15 is 0 Å². The van der Waals surface area contributed by atoms with Gasteiger partial charge in [0.15, 0.2) is 0 Å². The van der Waals surface area contributed by atoms with Crippen LogP contribution in [-0.4, -0.2) is 35.5 Å². The molecule has 0 aliphatic rings. The number of carboxylic acid groups (broad SMARTS) is 2. The number of amides is 2. The van der Waals surface area contributed by atoms with Crippen LogP contribution in [0, 0.1) is 0 Å². The van der Waals surface area contributed by atoms with Gasteiger partial charge in [-0.2, -0.15) is 0 Å². The molecule has 0 saturated carbocycles. The number of rotatable bonds is 5. The molecular formula is C8H14N2O4. The molecular weight excluding hydrogens is 188 g/mol. The summed E-state index contributed by atoms with van der Waals surface area (Å²) >= 11 is 0. The highest BCUT2D eigenvalue weighted by Crippen LogP contribution is 1.93. The van der Waals surface area contributed by atoms with Crippen molar-refractivity contribution in [3.8, 4) is 0 Å². The Balaban J connectivity index is 3.96. The van der Waals surface area contributed by atoms with Crippen molar-refractivity contribution in [1.82, 2.24) is 10.6 Å². The van der Waals surface area contributed by atoms with Crippen molar-refractivity contribution in [3.63, 3.8) is 0 Å². The van der Waals surface area contributed by atoms with Crippen LogP contribution in [0.15, 0.2) is 11.6 Å². The van der Waals surface area contributed by atoms with Gasteiger partial charge >= 0.3 is 12.2 Å². The third kappa shape index (κ3) is 6.96. The van der Waals surface area contributed by atoms with Crippen LogP contribution in [0.1, 0.15) is 13.3 Å². The predicted molar refractivity (Wildman–Crippen MR) is 50.4 cm³/mol. The zero-order valence-corrected chi connectivity index (χ0v) is 7.91. The first-order valence-corrected chi connectivity index (χ1v) is 4.17. The molecule has 6 nitrogen and oxygen atoms in total. The summed E-state index contributed by atoms with van der Waals surface area (Å²) in [7, 11) is 0. The Morgan fingerprint density at radius 2 is 1.57 bits per heavy atom. The van der Waals surface area contributed by atoms with E-state index in [4.69, 9.17) is 10.2 Å². The fraction of sp³-hybridized carbons (Fsp3) is 0.500. The first kappa shape index (κ1) is 12.3. The van der Waals surface area contributed by atoms with Gasteiger partial charge in [-0.1, -0.05) is 13.0 Å². The van der Waals surface area contributed by atoms with Gasteiger partial charge in [0.1, 0.15) is 0 Å². The van der Waals surface area contributed by atoms with Crippen LogP contribution in [0.2, 0.25) is 0 Å². The van der Waals surface area contributed by atoms with Crippen molar-refractivity contribution in [2.45, 2.75) is 13.3 Å². The molecule has 0 aromatic carbocycles. The smallest absolute Gasteiger partial charge is 0.404 e. The number of hydrogen-bond donors (Lipinski definition) is 4. The third-order valence-corrected chi connectivity index (χ3v) is 1.43. The molecule has 0 heterocycles. The maximum absolute atomic E-state index is 10.2. The van der Waals surface area contributed by atoms with Crippen molar-refractivity contribution >= 4 is 12.2 Å². The maximum atomic E-state index is 10.2. The van der Waals surface area contributed by atoms with E-state index in [0.29, 0.717) is 5.57 Å². The van der Waals surface area contributed by atoms with Gasteiger partial charge in [-0.25, -0.2) is 9.59 Å². The molecule has 80 valence electrons. The van der Waals surface area contributed by atoms with Gasteiger partial charge < -0.3 is 20.8 Å². The van der Waals surface area contributed by atoms with Crippen molar-refractivity contribution in [2.24, 2.45) is 0 Å². The highest BCUT2D eigenvalue weighted by atomic mass is 16.4. The monoisotopic (exact) mass is 202 g/mol. The van der Waals surface area contributed by atoms with E-state index < -0.39 is 12.2 Å². The molecule has 4 N–H and O–H groups in total. The van der Waals surface area contributed by atoms with Gasteiger partial charge in [0.25, 0.3) is 0 Å². The number of allylic oxidation sites excluding steroid dienone is 1. The summed E-state index contributed by atoms with van der Waals surface area (Å²) in [5.41, 5.74) is 0.706. The lowest BCUT2D eigenvalue weighted by molar-refractivity contribution is 0.195. The van der Waals surface area contributed by atoms with Crippen LogP contribution in [0.4, 0.5) is 9.59 Å². The molecule has 0 aromatic rings. The van der Waals surface area contributed by atoms with Gasteiger partial charge in [0, 0.05) is 13.1 Å². The molecule has 0 bridgehead atoms. The fourth-order valence-corrected chi connectivity index (χ4v) is 0.874. The Labute approximate surface area is 81.6 Å². The second-order valence-electron chi connectivity index (χ2n) is 2.59. The van der Waals surface area contributed by atoms with Crippen LogP contribution in [-0.2, 0) is 0 Å². The average Bonchev–Trinajstić information content (AvgIpc) is 2.09. The summed E-state index contributed by atoms with van der Waals surface area (Å²) in [4.78, 5) is 20.3. The molecule has 0 saturated heterocycles. The van der Waals surface area contributed by atoms with E-state index in [-0.39, 0.29) is 13.1 Å². The number of nitrogens with one attached hydrogen (secondary N) is 2. The minimum atomic E-state index is -1.12. The third-order valence-electron chi connectivity index (χ3n) is 1.43. The number of hydrogen-bond acceptors (Lipinski definition) is 2. The Bertz CT molecular complexity index is 217. The van der Waals surface area contributed by atoms with Gasteiger partial charge in [-0.3, -0.25) is 0 Å². The molecule has 0 spiro atoms. The molecule has 0 aromatic heterocycles. The zero-order chi connectivity index (χ0) is 11.0. The van der Waals surface area contributed by atoms with Crippen LogP contribution >= 0.6 is 0 Å². The Kier molecular flexibility index (Phi) is 5.93. The maximum Gasteiger partial charge on any atom is 0.404 e. The predicted octanol–water partition coefficient (Wildman–Crippen LogP) is 0.858. The van der Waals surface area contributed by atoms with Gasteiger partial charge in [-0.05, 0) is 12.0 Å². The van der Waals surface area contributed by atoms with E-state index in [0.717, 1.165) is 6.42 Å². The molecule has 0 aliphatic heterocycles. The van der Waals surface area contributed by atoms with Gasteiger partial charge in [-0.15, -0.1) is 0 Å². The quantitative estimate of drug-likeness (QED) is 0.497. The molecule has 6 heteroatoms. The summed E-state index contributed by atoms with van der Waals surface area (Å²) in [6.07, 6.45) is 0.272. The first-order chi connectivity index (χ1) is 6.56. The van der Waals surface area contributed by atoms with Crippen LogP contribution in [0.5, 0.6) is 0 Å². The van der Waals surface area contributed by atoms with Crippen LogP contribution in [0.25, 0.3) is 0 Å². The summed E-state index contributed by atoms with van der Waals surface area (Å²) in [6.45, 7) is 2.18. The molecule has 0 aliphatic carbocycles. The molecule has 0 fully saturated rings. The second kappa shape index (κ2) is 6.76. The summed E-state index contributed by atoms with van der Waals surface area (Å²) in [5.74, 6) is 0. The van der Waals surface area contributed by atoms with Gasteiger partial charge in [0.05, 0.1) is 0 Å². The molecule has 0 unspecified atom stereocenters. The zero-order valence-electron chi connectivity index (χ0n) is 7.91. The second-order valence-corrected chi connectivity index (χ2v) is 2.59. The highest BCUT2D eigenvalue weighted by Gasteiger charge is 2.01. The van der Waals surface area contributed by atoms with Crippen LogP contribution in [0.3, 0.4) is 0 Å². The van der Waals surface area contributed by atoms with E-state index in [1.165, 1.54) is 0 Å². The number of carbonyl (C=O) groups is 2. The lowest BCUT2D eigenvalue weighted by atomic mass is 10.2. The molecule has 0 atom stereocenters. The fourth-order valence-electron chi connectivity index (χ4n) is 0.874. The lowest BCUT2D eigenvalue weighted by Gasteiger charge is -2.06. The standard InChI is InChI=1S/C8H14N2O4/c1-2-3-6(4-9-7(11)12)5-10-8(13)14/h3,9-10H,2,4-5H2,1H3,(H,11,12)(H,13,14). The summed E-state index contributed by atoms with van der Waals surface area (Å²) < 4.78 is 0. The topological polar surface area (TPSA) is 98.7 Å². The van der Waals surface area contributed by atoms with Gasteiger partial charge in [0.2, 0.25) is 0 Å². The Hall–Kier alpha value is -1.72. The highest BCUT2D eigenvalue weighted by molar-refractivity contribution is 5.66. The normalized spacial score (nSPS) is 8.93. The molecule has 14 heavy (non-hydrogen) atoms. The average molecular weight is 202 g/mol. The molecule has 0 rings (SSSR count). The van der Waals surface area contributed by atoms with Crippen molar-refractivity contribution in [3.05, 3.63) is 11.6 Å². The summed E-state index contributed by atoms with van der Waals surface area (Å²) in [6, 6.07) is 0. The Morgan fingerprint density at radius 3 is 1.86 bits per heavy atom. The van der Waals surface area contributed by atoms with E-state index in [1.807, 2.05) is 6.92 Å².